The molecule has 0 aliphatic rings. The number of para-hydroxylation sites is 1. The average molecular weight is 486 g/mol. The summed E-state index contributed by atoms with van der Waals surface area (Å²) in [6.07, 6.45) is -3.10. The first-order chi connectivity index (χ1) is 16.0. The standard InChI is InChI=1S/C25H22F3N3O2S/c1-24(2,3)17-7-4-5-9-19(17)33-22-18(8-6-14-29-22)30-23-31-21(25(26,27)28)20(34-23)15-10-12-16(32)13-11-15/h4-14,32H,1-3H3,(H,30,31). The van der Waals surface area contributed by atoms with Gasteiger partial charge in [0.25, 0.3) is 0 Å². The number of pyridine rings is 1. The average Bonchev–Trinajstić information content (AvgIpc) is 3.20. The lowest BCUT2D eigenvalue weighted by molar-refractivity contribution is -0.140. The van der Waals surface area contributed by atoms with Crippen LogP contribution in [-0.2, 0) is 11.6 Å². The zero-order chi connectivity index (χ0) is 24.5. The van der Waals surface area contributed by atoms with Crippen LogP contribution in [0.25, 0.3) is 10.4 Å². The summed E-state index contributed by atoms with van der Waals surface area (Å²) in [4.78, 5) is 8.04. The molecule has 4 aromatic rings. The molecule has 2 aromatic heterocycles. The number of halogens is 3. The molecule has 0 saturated carbocycles. The minimum atomic E-state index is -4.65. The van der Waals surface area contributed by atoms with Gasteiger partial charge in [0.2, 0.25) is 5.88 Å². The van der Waals surface area contributed by atoms with E-state index in [2.05, 4.69) is 36.1 Å². The van der Waals surface area contributed by atoms with Crippen molar-refractivity contribution in [2.75, 3.05) is 5.32 Å². The Morgan fingerprint density at radius 1 is 0.941 bits per heavy atom. The minimum absolute atomic E-state index is 0.0344. The van der Waals surface area contributed by atoms with Crippen LogP contribution < -0.4 is 10.1 Å². The molecule has 0 bridgehead atoms. The number of anilines is 2. The van der Waals surface area contributed by atoms with Gasteiger partial charge in [0, 0.05) is 11.8 Å². The van der Waals surface area contributed by atoms with E-state index in [0.717, 1.165) is 16.9 Å². The number of ether oxygens (including phenoxy) is 1. The predicted molar refractivity (Wildman–Crippen MR) is 127 cm³/mol. The van der Waals surface area contributed by atoms with E-state index in [9.17, 15) is 18.3 Å². The Labute approximate surface area is 198 Å². The van der Waals surface area contributed by atoms with E-state index in [1.165, 1.54) is 24.3 Å². The van der Waals surface area contributed by atoms with E-state index >= 15 is 0 Å². The van der Waals surface area contributed by atoms with Crippen LogP contribution in [0.15, 0.2) is 66.9 Å². The van der Waals surface area contributed by atoms with Crippen LogP contribution in [0.3, 0.4) is 0 Å². The summed E-state index contributed by atoms with van der Waals surface area (Å²) >= 11 is 0.855. The lowest BCUT2D eigenvalue weighted by Crippen LogP contribution is -2.12. The molecule has 0 unspecified atom stereocenters. The molecule has 176 valence electrons. The van der Waals surface area contributed by atoms with Crippen LogP contribution in [-0.4, -0.2) is 15.1 Å². The first-order valence-corrected chi connectivity index (χ1v) is 11.2. The van der Waals surface area contributed by atoms with Crippen molar-refractivity contribution >= 4 is 22.2 Å². The second-order valence-electron chi connectivity index (χ2n) is 8.57. The van der Waals surface area contributed by atoms with Gasteiger partial charge in [-0.2, -0.15) is 13.2 Å². The van der Waals surface area contributed by atoms with E-state index in [4.69, 9.17) is 4.74 Å². The number of aromatic nitrogens is 2. The molecule has 0 fully saturated rings. The van der Waals surface area contributed by atoms with Crippen molar-refractivity contribution in [1.82, 2.24) is 9.97 Å². The summed E-state index contributed by atoms with van der Waals surface area (Å²) in [5, 5.41) is 12.5. The number of aromatic hydroxyl groups is 1. The van der Waals surface area contributed by atoms with Crippen molar-refractivity contribution in [3.63, 3.8) is 0 Å². The maximum absolute atomic E-state index is 13.7. The molecule has 9 heteroatoms. The lowest BCUT2D eigenvalue weighted by atomic mass is 9.86. The van der Waals surface area contributed by atoms with E-state index in [-0.39, 0.29) is 27.1 Å². The van der Waals surface area contributed by atoms with Crippen molar-refractivity contribution in [3.05, 3.63) is 78.1 Å². The number of nitrogens with one attached hydrogen (secondary N) is 1. The van der Waals surface area contributed by atoms with Crippen LogP contribution in [0.1, 0.15) is 32.0 Å². The minimum Gasteiger partial charge on any atom is -0.508 e. The van der Waals surface area contributed by atoms with Gasteiger partial charge in [0.1, 0.15) is 17.2 Å². The molecule has 0 radical (unpaired) electrons. The van der Waals surface area contributed by atoms with Crippen molar-refractivity contribution in [3.8, 4) is 27.8 Å². The van der Waals surface area contributed by atoms with Crippen molar-refractivity contribution in [2.24, 2.45) is 0 Å². The molecule has 2 heterocycles. The number of benzene rings is 2. The summed E-state index contributed by atoms with van der Waals surface area (Å²) in [6.45, 7) is 6.18. The third kappa shape index (κ3) is 5.14. The second kappa shape index (κ2) is 8.98. The predicted octanol–water partition coefficient (Wildman–Crippen LogP) is 7.76. The lowest BCUT2D eigenvalue weighted by Gasteiger charge is -2.22. The van der Waals surface area contributed by atoms with E-state index in [0.29, 0.717) is 17.0 Å². The molecule has 0 amide bonds. The number of thiazole rings is 1. The highest BCUT2D eigenvalue weighted by Crippen LogP contribution is 2.44. The van der Waals surface area contributed by atoms with E-state index in [1.54, 1.807) is 18.3 Å². The van der Waals surface area contributed by atoms with Gasteiger partial charge >= 0.3 is 6.18 Å². The fourth-order valence-corrected chi connectivity index (χ4v) is 4.34. The smallest absolute Gasteiger partial charge is 0.434 e. The van der Waals surface area contributed by atoms with E-state index < -0.39 is 11.9 Å². The SMILES string of the molecule is CC(C)(C)c1ccccc1Oc1ncccc1Nc1nc(C(F)(F)F)c(-c2ccc(O)cc2)s1. The van der Waals surface area contributed by atoms with Gasteiger partial charge in [0.05, 0.1) is 4.88 Å². The van der Waals surface area contributed by atoms with Gasteiger partial charge in [-0.1, -0.05) is 50.3 Å². The van der Waals surface area contributed by atoms with Crippen LogP contribution in [0, 0.1) is 0 Å². The molecule has 4 rings (SSSR count). The molecule has 0 aliphatic heterocycles. The highest BCUT2D eigenvalue weighted by atomic mass is 32.1. The van der Waals surface area contributed by atoms with Crippen LogP contribution >= 0.6 is 11.3 Å². The number of alkyl halides is 3. The fourth-order valence-electron chi connectivity index (χ4n) is 3.34. The monoisotopic (exact) mass is 485 g/mol. The number of phenols is 1. The third-order valence-corrected chi connectivity index (χ3v) is 5.96. The Morgan fingerprint density at radius 3 is 2.32 bits per heavy atom. The van der Waals surface area contributed by atoms with Gasteiger partial charge in [-0.25, -0.2) is 9.97 Å². The van der Waals surface area contributed by atoms with Gasteiger partial charge in [-0.3, -0.25) is 0 Å². The highest BCUT2D eigenvalue weighted by molar-refractivity contribution is 7.19. The molecule has 0 aliphatic carbocycles. The van der Waals surface area contributed by atoms with Crippen LogP contribution in [0.2, 0.25) is 0 Å². The number of rotatable bonds is 5. The number of hydrogen-bond acceptors (Lipinski definition) is 6. The summed E-state index contributed by atoms with van der Waals surface area (Å²) < 4.78 is 47.2. The first kappa shape index (κ1) is 23.6. The zero-order valence-corrected chi connectivity index (χ0v) is 19.5. The molecule has 0 atom stereocenters. The Bertz CT molecular complexity index is 1300. The maximum Gasteiger partial charge on any atom is 0.434 e. The van der Waals surface area contributed by atoms with Crippen LogP contribution in [0.5, 0.6) is 17.4 Å². The number of hydrogen-bond donors (Lipinski definition) is 2. The Morgan fingerprint density at radius 2 is 1.65 bits per heavy atom. The van der Waals surface area contributed by atoms with E-state index in [1.807, 2.05) is 24.3 Å². The van der Waals surface area contributed by atoms with Gasteiger partial charge in [-0.15, -0.1) is 0 Å². The molecular weight excluding hydrogens is 463 g/mol. The molecular formula is C25H22F3N3O2S. The first-order valence-electron chi connectivity index (χ1n) is 10.4. The van der Waals surface area contributed by atoms with Crippen molar-refractivity contribution in [2.45, 2.75) is 32.4 Å². The highest BCUT2D eigenvalue weighted by Gasteiger charge is 2.38. The normalized spacial score (nSPS) is 11.9. The Balaban J connectivity index is 1.70. The topological polar surface area (TPSA) is 67.3 Å². The van der Waals surface area contributed by atoms with Crippen LogP contribution in [0.4, 0.5) is 24.0 Å². The Hall–Kier alpha value is -3.59. The molecule has 5 nitrogen and oxygen atoms in total. The zero-order valence-electron chi connectivity index (χ0n) is 18.6. The maximum atomic E-state index is 13.7. The van der Waals surface area contributed by atoms with Crippen molar-refractivity contribution < 1.29 is 23.0 Å². The molecule has 0 spiro atoms. The fraction of sp³-hybridized carbons (Fsp3) is 0.200. The number of phenolic OH excluding ortho intramolecular Hbond substituents is 1. The summed E-state index contributed by atoms with van der Waals surface area (Å²) in [5.74, 6) is 0.790. The third-order valence-electron chi connectivity index (χ3n) is 4.94. The number of nitrogens with zero attached hydrogens (tertiary/aromatic N) is 2. The quantitative estimate of drug-likeness (QED) is 0.302. The molecule has 2 N–H and O–H groups in total. The molecule has 0 saturated heterocycles. The summed E-state index contributed by atoms with van der Waals surface area (Å²) in [6, 6.07) is 16.4. The van der Waals surface area contributed by atoms with Gasteiger partial charge in [-0.05, 0) is 53.4 Å². The molecule has 34 heavy (non-hydrogen) atoms. The molecule has 2 aromatic carbocycles. The largest absolute Gasteiger partial charge is 0.508 e. The van der Waals surface area contributed by atoms with Crippen molar-refractivity contribution in [1.29, 1.82) is 0 Å². The Kier molecular flexibility index (Phi) is 6.22. The van der Waals surface area contributed by atoms with Gasteiger partial charge < -0.3 is 15.2 Å². The summed E-state index contributed by atoms with van der Waals surface area (Å²) in [7, 11) is 0. The second-order valence-corrected chi connectivity index (χ2v) is 9.57. The summed E-state index contributed by atoms with van der Waals surface area (Å²) in [5.41, 5.74) is 0.461. The van der Waals surface area contributed by atoms with Gasteiger partial charge in [0.15, 0.2) is 10.8 Å².